The molecule has 1 saturated carbocycles. The van der Waals surface area contributed by atoms with Crippen molar-refractivity contribution in [3.05, 3.63) is 24.3 Å². The number of rotatable bonds is 3. The minimum absolute atomic E-state index is 0.706. The van der Waals surface area contributed by atoms with Crippen LogP contribution in [-0.2, 0) is 0 Å². The van der Waals surface area contributed by atoms with Crippen LogP contribution in [0.25, 0.3) is 0 Å². The minimum Gasteiger partial charge on any atom is -0.399 e. The number of hydrogen-bond acceptors (Lipinski definition) is 3. The summed E-state index contributed by atoms with van der Waals surface area (Å²) in [5, 5.41) is 0. The number of benzene rings is 1. The molecule has 0 atom stereocenters. The van der Waals surface area contributed by atoms with E-state index in [2.05, 4.69) is 16.9 Å². The molecule has 3 N–H and O–H groups in total. The summed E-state index contributed by atoms with van der Waals surface area (Å²) in [7, 11) is 0. The Hall–Kier alpha value is -0.670. The molecule has 1 fully saturated rings. The van der Waals surface area contributed by atoms with E-state index in [1.807, 2.05) is 12.1 Å². The lowest BCUT2D eigenvalue weighted by Gasteiger charge is -2.10. The Labute approximate surface area is 89.4 Å². The maximum absolute atomic E-state index is 5.62. The van der Waals surface area contributed by atoms with Crippen LogP contribution in [0.4, 0.5) is 5.69 Å². The van der Waals surface area contributed by atoms with Crippen LogP contribution in [-0.4, -0.2) is 6.04 Å². The van der Waals surface area contributed by atoms with Crippen LogP contribution >= 0.6 is 11.9 Å². The van der Waals surface area contributed by atoms with Gasteiger partial charge in [0.25, 0.3) is 0 Å². The molecule has 0 unspecified atom stereocenters. The van der Waals surface area contributed by atoms with E-state index < -0.39 is 0 Å². The van der Waals surface area contributed by atoms with Gasteiger partial charge < -0.3 is 5.73 Å². The topological polar surface area (TPSA) is 38.0 Å². The molecule has 0 aromatic heterocycles. The molecule has 0 radical (unpaired) electrons. The van der Waals surface area contributed by atoms with Gasteiger partial charge in [-0.3, -0.25) is 4.72 Å². The fraction of sp³-hybridized carbons (Fsp3) is 0.455. The van der Waals surface area contributed by atoms with Crippen LogP contribution in [0.3, 0.4) is 0 Å². The third kappa shape index (κ3) is 2.66. The summed E-state index contributed by atoms with van der Waals surface area (Å²) >= 11 is 1.72. The Kier molecular flexibility index (Phi) is 3.32. The fourth-order valence-corrected chi connectivity index (χ4v) is 2.54. The number of nitrogens with two attached hydrogens (primary N) is 1. The first-order valence-electron chi connectivity index (χ1n) is 5.12. The summed E-state index contributed by atoms with van der Waals surface area (Å²) in [6.07, 6.45) is 5.39. The van der Waals surface area contributed by atoms with E-state index >= 15 is 0 Å². The highest BCUT2D eigenvalue weighted by molar-refractivity contribution is 7.97. The van der Waals surface area contributed by atoms with Gasteiger partial charge in [0.1, 0.15) is 0 Å². The van der Waals surface area contributed by atoms with E-state index in [-0.39, 0.29) is 0 Å². The van der Waals surface area contributed by atoms with E-state index in [9.17, 15) is 0 Å². The van der Waals surface area contributed by atoms with Crippen molar-refractivity contribution in [2.75, 3.05) is 5.73 Å². The number of nitrogen functional groups attached to an aromatic ring is 1. The average Bonchev–Trinajstić information content (AvgIpc) is 2.70. The molecular weight excluding hydrogens is 192 g/mol. The van der Waals surface area contributed by atoms with Gasteiger partial charge in [0, 0.05) is 16.6 Å². The SMILES string of the molecule is Nc1ccc(SNC2CCCC2)cc1. The molecule has 0 spiro atoms. The van der Waals surface area contributed by atoms with Gasteiger partial charge in [0.15, 0.2) is 0 Å². The minimum atomic E-state index is 0.706. The second-order valence-corrected chi connectivity index (χ2v) is 4.68. The second kappa shape index (κ2) is 4.71. The smallest absolute Gasteiger partial charge is 0.0314 e. The van der Waals surface area contributed by atoms with Gasteiger partial charge in [0.2, 0.25) is 0 Å². The van der Waals surface area contributed by atoms with Crippen LogP contribution in [0.5, 0.6) is 0 Å². The molecule has 0 amide bonds. The standard InChI is InChI=1S/C11H16N2S/c12-9-5-7-11(8-6-9)14-13-10-3-1-2-4-10/h5-8,10,13H,1-4,12H2. The zero-order valence-corrected chi connectivity index (χ0v) is 9.02. The van der Waals surface area contributed by atoms with E-state index in [4.69, 9.17) is 5.73 Å². The van der Waals surface area contributed by atoms with Crippen molar-refractivity contribution in [1.82, 2.24) is 4.72 Å². The number of nitrogens with one attached hydrogen (secondary N) is 1. The zero-order chi connectivity index (χ0) is 9.80. The monoisotopic (exact) mass is 208 g/mol. The molecule has 0 bridgehead atoms. The third-order valence-corrected chi connectivity index (χ3v) is 3.54. The van der Waals surface area contributed by atoms with Crippen molar-refractivity contribution >= 4 is 17.6 Å². The van der Waals surface area contributed by atoms with Gasteiger partial charge in [-0.2, -0.15) is 0 Å². The molecule has 3 heteroatoms. The van der Waals surface area contributed by atoms with E-state index in [1.165, 1.54) is 30.6 Å². The summed E-state index contributed by atoms with van der Waals surface area (Å²) in [6, 6.07) is 8.71. The number of anilines is 1. The van der Waals surface area contributed by atoms with Crippen LogP contribution in [0.15, 0.2) is 29.2 Å². The molecule has 1 aromatic rings. The maximum atomic E-state index is 5.62. The molecule has 0 saturated heterocycles. The van der Waals surface area contributed by atoms with Crippen LogP contribution < -0.4 is 10.5 Å². The molecule has 2 nitrogen and oxygen atoms in total. The summed E-state index contributed by atoms with van der Waals surface area (Å²) in [5.41, 5.74) is 6.44. The predicted octanol–water partition coefficient (Wildman–Crippen LogP) is 2.81. The van der Waals surface area contributed by atoms with Crippen molar-refractivity contribution in [3.8, 4) is 0 Å². The second-order valence-electron chi connectivity index (χ2n) is 3.77. The molecule has 76 valence electrons. The molecule has 14 heavy (non-hydrogen) atoms. The Morgan fingerprint density at radius 3 is 2.43 bits per heavy atom. The van der Waals surface area contributed by atoms with Gasteiger partial charge in [0.05, 0.1) is 0 Å². The van der Waals surface area contributed by atoms with Crippen LogP contribution in [0.2, 0.25) is 0 Å². The summed E-state index contributed by atoms with van der Waals surface area (Å²) in [6.45, 7) is 0. The van der Waals surface area contributed by atoms with Crippen molar-refractivity contribution in [3.63, 3.8) is 0 Å². The van der Waals surface area contributed by atoms with Crippen LogP contribution in [0, 0.1) is 0 Å². The Morgan fingerprint density at radius 2 is 1.79 bits per heavy atom. The third-order valence-electron chi connectivity index (χ3n) is 2.58. The molecular formula is C11H16N2S. The van der Waals surface area contributed by atoms with Gasteiger partial charge >= 0.3 is 0 Å². The van der Waals surface area contributed by atoms with E-state index in [1.54, 1.807) is 11.9 Å². The average molecular weight is 208 g/mol. The van der Waals surface area contributed by atoms with Crippen molar-refractivity contribution in [2.45, 2.75) is 36.6 Å². The lowest BCUT2D eigenvalue weighted by Crippen LogP contribution is -2.18. The van der Waals surface area contributed by atoms with Gasteiger partial charge in [-0.1, -0.05) is 12.8 Å². The Bertz CT molecular complexity index is 278. The van der Waals surface area contributed by atoms with E-state index in [0.29, 0.717) is 6.04 Å². The van der Waals surface area contributed by atoms with E-state index in [0.717, 1.165) is 5.69 Å². The van der Waals surface area contributed by atoms with Crippen molar-refractivity contribution in [2.24, 2.45) is 0 Å². The molecule has 0 aliphatic heterocycles. The van der Waals surface area contributed by atoms with Gasteiger partial charge in [-0.05, 0) is 49.1 Å². The first kappa shape index (κ1) is 9.87. The first-order chi connectivity index (χ1) is 6.84. The lowest BCUT2D eigenvalue weighted by atomic mass is 10.3. The predicted molar refractivity (Wildman–Crippen MR) is 62.1 cm³/mol. The fourth-order valence-electron chi connectivity index (χ4n) is 1.73. The zero-order valence-electron chi connectivity index (χ0n) is 8.20. The first-order valence-corrected chi connectivity index (χ1v) is 5.94. The molecule has 1 aliphatic carbocycles. The summed E-state index contributed by atoms with van der Waals surface area (Å²) in [5.74, 6) is 0. The molecule has 2 rings (SSSR count). The molecule has 0 heterocycles. The van der Waals surface area contributed by atoms with Crippen molar-refractivity contribution < 1.29 is 0 Å². The summed E-state index contributed by atoms with van der Waals surface area (Å²) < 4.78 is 3.49. The highest BCUT2D eigenvalue weighted by Gasteiger charge is 2.14. The maximum Gasteiger partial charge on any atom is 0.0314 e. The van der Waals surface area contributed by atoms with Gasteiger partial charge in [-0.15, -0.1) is 0 Å². The highest BCUT2D eigenvalue weighted by Crippen LogP contribution is 2.23. The molecule has 1 aromatic carbocycles. The Balaban J connectivity index is 1.82. The normalized spacial score (nSPS) is 17.4. The Morgan fingerprint density at radius 1 is 1.14 bits per heavy atom. The van der Waals surface area contributed by atoms with Gasteiger partial charge in [-0.25, -0.2) is 0 Å². The van der Waals surface area contributed by atoms with Crippen molar-refractivity contribution in [1.29, 1.82) is 0 Å². The highest BCUT2D eigenvalue weighted by atomic mass is 32.2. The van der Waals surface area contributed by atoms with Crippen LogP contribution in [0.1, 0.15) is 25.7 Å². The number of hydrogen-bond donors (Lipinski definition) is 2. The lowest BCUT2D eigenvalue weighted by molar-refractivity contribution is 0.657. The largest absolute Gasteiger partial charge is 0.399 e. The summed E-state index contributed by atoms with van der Waals surface area (Å²) in [4.78, 5) is 1.24. The molecule has 1 aliphatic rings. The quantitative estimate of drug-likeness (QED) is 0.592.